The molecule has 0 spiro atoms. The third-order valence-corrected chi connectivity index (χ3v) is 4.50. The first kappa shape index (κ1) is 13.2. The molecule has 1 aromatic heterocycles. The van der Waals surface area contributed by atoms with E-state index in [2.05, 4.69) is 17.0 Å². The SMILES string of the molecule is OC1CCCCc2cn(CCCC3CCCO3)cc21. The summed E-state index contributed by atoms with van der Waals surface area (Å²) in [7, 11) is 0. The zero-order valence-corrected chi connectivity index (χ0v) is 11.7. The second kappa shape index (κ2) is 6.10. The third kappa shape index (κ3) is 3.21. The summed E-state index contributed by atoms with van der Waals surface area (Å²) in [4.78, 5) is 0. The minimum Gasteiger partial charge on any atom is -0.388 e. The first-order valence-corrected chi connectivity index (χ1v) is 7.81. The summed E-state index contributed by atoms with van der Waals surface area (Å²) in [5, 5.41) is 10.1. The summed E-state index contributed by atoms with van der Waals surface area (Å²) in [6, 6.07) is 0. The highest BCUT2D eigenvalue weighted by Gasteiger charge is 2.19. The standard InChI is InChI=1S/C16H25NO2/c18-16-8-2-1-5-13-11-17(12-15(13)16)9-3-6-14-7-4-10-19-14/h11-12,14,16,18H,1-10H2. The molecule has 0 radical (unpaired) electrons. The van der Waals surface area contributed by atoms with Gasteiger partial charge in [0.2, 0.25) is 0 Å². The lowest BCUT2D eigenvalue weighted by atomic mass is 10.1. The Morgan fingerprint density at radius 2 is 2.16 bits per heavy atom. The molecule has 0 bridgehead atoms. The quantitative estimate of drug-likeness (QED) is 0.846. The van der Waals surface area contributed by atoms with E-state index in [-0.39, 0.29) is 6.10 Å². The van der Waals surface area contributed by atoms with Crippen LogP contribution in [0, 0.1) is 0 Å². The van der Waals surface area contributed by atoms with Crippen LogP contribution in [0.1, 0.15) is 62.2 Å². The molecule has 0 aromatic carbocycles. The van der Waals surface area contributed by atoms with Gasteiger partial charge in [0.1, 0.15) is 0 Å². The van der Waals surface area contributed by atoms with E-state index in [0.29, 0.717) is 6.10 Å². The van der Waals surface area contributed by atoms with Crippen LogP contribution in [0.4, 0.5) is 0 Å². The van der Waals surface area contributed by atoms with E-state index in [9.17, 15) is 5.11 Å². The second-order valence-corrected chi connectivity index (χ2v) is 6.02. The molecular formula is C16H25NO2. The van der Waals surface area contributed by atoms with Crippen molar-refractivity contribution < 1.29 is 9.84 Å². The summed E-state index contributed by atoms with van der Waals surface area (Å²) in [6.45, 7) is 2.01. The van der Waals surface area contributed by atoms with Crippen molar-refractivity contribution in [1.82, 2.24) is 4.57 Å². The molecule has 106 valence electrons. The topological polar surface area (TPSA) is 34.4 Å². The van der Waals surface area contributed by atoms with Crippen LogP contribution < -0.4 is 0 Å². The second-order valence-electron chi connectivity index (χ2n) is 6.02. The molecule has 2 heterocycles. The van der Waals surface area contributed by atoms with Crippen molar-refractivity contribution in [1.29, 1.82) is 0 Å². The molecule has 1 aromatic rings. The zero-order valence-electron chi connectivity index (χ0n) is 11.7. The van der Waals surface area contributed by atoms with Crippen LogP contribution in [0.15, 0.2) is 12.4 Å². The molecule has 2 unspecified atom stereocenters. The lowest BCUT2D eigenvalue weighted by molar-refractivity contribution is 0.101. The number of rotatable bonds is 4. The Morgan fingerprint density at radius 3 is 3.00 bits per heavy atom. The van der Waals surface area contributed by atoms with E-state index in [0.717, 1.165) is 32.4 Å². The molecule has 1 aliphatic heterocycles. The molecule has 1 aliphatic carbocycles. The normalized spacial score (nSPS) is 27.2. The number of nitrogens with zero attached hydrogens (tertiary/aromatic N) is 1. The molecule has 19 heavy (non-hydrogen) atoms. The van der Waals surface area contributed by atoms with Gasteiger partial charge in [-0.05, 0) is 50.5 Å². The Kier molecular flexibility index (Phi) is 4.24. The van der Waals surface area contributed by atoms with Gasteiger partial charge in [-0.15, -0.1) is 0 Å². The Balaban J connectivity index is 1.55. The van der Waals surface area contributed by atoms with Crippen molar-refractivity contribution in [2.45, 2.75) is 70.1 Å². The van der Waals surface area contributed by atoms with Gasteiger partial charge < -0.3 is 14.4 Å². The van der Waals surface area contributed by atoms with Gasteiger partial charge in [-0.25, -0.2) is 0 Å². The average molecular weight is 263 g/mol. The van der Waals surface area contributed by atoms with Gasteiger partial charge >= 0.3 is 0 Å². The highest BCUT2D eigenvalue weighted by atomic mass is 16.5. The van der Waals surface area contributed by atoms with Crippen molar-refractivity contribution in [2.24, 2.45) is 0 Å². The first-order valence-electron chi connectivity index (χ1n) is 7.81. The molecule has 3 nitrogen and oxygen atoms in total. The molecule has 0 saturated carbocycles. The summed E-state index contributed by atoms with van der Waals surface area (Å²) in [5.41, 5.74) is 2.54. The van der Waals surface area contributed by atoms with Crippen LogP contribution in [0.5, 0.6) is 0 Å². The van der Waals surface area contributed by atoms with Gasteiger partial charge in [-0.2, -0.15) is 0 Å². The largest absolute Gasteiger partial charge is 0.388 e. The molecular weight excluding hydrogens is 238 g/mol. The highest BCUT2D eigenvalue weighted by molar-refractivity contribution is 5.27. The van der Waals surface area contributed by atoms with Gasteiger partial charge in [-0.1, -0.05) is 6.42 Å². The predicted octanol–water partition coefficient (Wildman–Crippen LogP) is 3.21. The first-order chi connectivity index (χ1) is 9.33. The molecule has 3 heteroatoms. The van der Waals surface area contributed by atoms with Crippen molar-refractivity contribution in [3.63, 3.8) is 0 Å². The van der Waals surface area contributed by atoms with Gasteiger partial charge in [-0.3, -0.25) is 0 Å². The Bertz CT molecular complexity index is 407. The Hall–Kier alpha value is -0.800. The maximum Gasteiger partial charge on any atom is 0.0807 e. The smallest absolute Gasteiger partial charge is 0.0807 e. The monoisotopic (exact) mass is 263 g/mol. The van der Waals surface area contributed by atoms with Crippen molar-refractivity contribution in [3.05, 3.63) is 23.5 Å². The number of aromatic nitrogens is 1. The molecule has 2 atom stereocenters. The fourth-order valence-electron chi connectivity index (χ4n) is 3.39. The number of fused-ring (bicyclic) bond motifs is 1. The van der Waals surface area contributed by atoms with Crippen LogP contribution >= 0.6 is 0 Å². The summed E-state index contributed by atoms with van der Waals surface area (Å²) in [5.74, 6) is 0. The van der Waals surface area contributed by atoms with E-state index >= 15 is 0 Å². The third-order valence-electron chi connectivity index (χ3n) is 4.50. The summed E-state index contributed by atoms with van der Waals surface area (Å²) < 4.78 is 7.93. The molecule has 3 rings (SSSR count). The maximum absolute atomic E-state index is 10.1. The van der Waals surface area contributed by atoms with E-state index in [1.54, 1.807) is 0 Å². The zero-order chi connectivity index (χ0) is 13.1. The van der Waals surface area contributed by atoms with Gasteiger partial charge in [0.05, 0.1) is 12.2 Å². The fourth-order valence-corrected chi connectivity index (χ4v) is 3.39. The fraction of sp³-hybridized carbons (Fsp3) is 0.750. The van der Waals surface area contributed by atoms with Crippen LogP contribution in [0.3, 0.4) is 0 Å². The Morgan fingerprint density at radius 1 is 1.21 bits per heavy atom. The van der Waals surface area contributed by atoms with Crippen LogP contribution in [-0.4, -0.2) is 22.4 Å². The molecule has 1 saturated heterocycles. The van der Waals surface area contributed by atoms with E-state index in [1.807, 2.05) is 0 Å². The molecule has 2 aliphatic rings. The summed E-state index contributed by atoms with van der Waals surface area (Å²) in [6.07, 6.45) is 13.9. The average Bonchev–Trinajstić information content (AvgIpc) is 3.01. The highest BCUT2D eigenvalue weighted by Crippen LogP contribution is 2.29. The van der Waals surface area contributed by atoms with Crippen molar-refractivity contribution in [2.75, 3.05) is 6.61 Å². The number of ether oxygens (including phenoxy) is 1. The number of aliphatic hydroxyl groups is 1. The maximum atomic E-state index is 10.1. The van der Waals surface area contributed by atoms with Crippen LogP contribution in [-0.2, 0) is 17.7 Å². The lowest BCUT2D eigenvalue weighted by Crippen LogP contribution is -2.06. The molecule has 1 fully saturated rings. The summed E-state index contributed by atoms with van der Waals surface area (Å²) >= 11 is 0. The number of hydrogen-bond acceptors (Lipinski definition) is 2. The van der Waals surface area contributed by atoms with Gasteiger partial charge in [0.15, 0.2) is 0 Å². The lowest BCUT2D eigenvalue weighted by Gasteiger charge is -2.09. The molecule has 0 amide bonds. The predicted molar refractivity (Wildman–Crippen MR) is 75.2 cm³/mol. The minimum atomic E-state index is -0.239. The minimum absolute atomic E-state index is 0.239. The van der Waals surface area contributed by atoms with E-state index < -0.39 is 0 Å². The Labute approximate surface area is 115 Å². The van der Waals surface area contributed by atoms with Crippen LogP contribution in [0.25, 0.3) is 0 Å². The van der Waals surface area contributed by atoms with Crippen molar-refractivity contribution in [3.8, 4) is 0 Å². The number of hydrogen-bond donors (Lipinski definition) is 1. The van der Waals surface area contributed by atoms with Crippen LogP contribution in [0.2, 0.25) is 0 Å². The van der Waals surface area contributed by atoms with Gasteiger partial charge in [0, 0.05) is 31.1 Å². The number of aryl methyl sites for hydroxylation is 2. The van der Waals surface area contributed by atoms with E-state index in [4.69, 9.17) is 4.74 Å². The molecule has 1 N–H and O–H groups in total. The van der Waals surface area contributed by atoms with E-state index in [1.165, 1.54) is 43.2 Å². The van der Waals surface area contributed by atoms with Gasteiger partial charge in [0.25, 0.3) is 0 Å². The van der Waals surface area contributed by atoms with Crippen molar-refractivity contribution >= 4 is 0 Å². The number of aliphatic hydroxyl groups excluding tert-OH is 1.